The van der Waals surface area contributed by atoms with Crippen molar-refractivity contribution >= 4 is 21.8 Å². The monoisotopic (exact) mass is 337 g/mol. The fourth-order valence-corrected chi connectivity index (χ4v) is 3.25. The first-order valence-corrected chi connectivity index (χ1v) is 8.15. The van der Waals surface area contributed by atoms with Gasteiger partial charge in [-0.15, -0.1) is 0 Å². The largest absolute Gasteiger partial charge is 0.381 e. The van der Waals surface area contributed by atoms with Crippen molar-refractivity contribution in [1.29, 1.82) is 0 Å². The molecule has 1 amide bonds. The van der Waals surface area contributed by atoms with Crippen molar-refractivity contribution in [2.45, 2.75) is 37.6 Å². The highest BCUT2D eigenvalue weighted by molar-refractivity contribution is 9.10. The lowest BCUT2D eigenvalue weighted by atomic mass is 9.79. The molecule has 0 radical (unpaired) electrons. The van der Waals surface area contributed by atoms with E-state index in [0.717, 1.165) is 30.2 Å². The fourth-order valence-electron chi connectivity index (χ4n) is 2.98. The molecule has 1 aliphatic carbocycles. The molecule has 20 heavy (non-hydrogen) atoms. The summed E-state index contributed by atoms with van der Waals surface area (Å²) in [5.74, 6) is 0.450. The summed E-state index contributed by atoms with van der Waals surface area (Å²) >= 11 is 3.47. The van der Waals surface area contributed by atoms with Gasteiger partial charge in [-0.1, -0.05) is 34.5 Å². The van der Waals surface area contributed by atoms with Crippen LogP contribution in [-0.2, 0) is 15.1 Å². The summed E-state index contributed by atoms with van der Waals surface area (Å²) in [4.78, 5) is 12.4. The standard InChI is InChI=1S/C16H20BrNO2/c17-14-6-4-13(5-7-14)16(8-10-20-11-9-16)18-15(19)12-2-1-3-12/h4-7,12H,1-3,8-11H2,(H,18,19). The van der Waals surface area contributed by atoms with Gasteiger partial charge in [-0.05, 0) is 43.4 Å². The Morgan fingerprint density at radius 1 is 1.20 bits per heavy atom. The van der Waals surface area contributed by atoms with Gasteiger partial charge in [-0.2, -0.15) is 0 Å². The molecule has 0 unspecified atom stereocenters. The van der Waals surface area contributed by atoms with Crippen molar-refractivity contribution in [3.8, 4) is 0 Å². The molecule has 1 aliphatic heterocycles. The van der Waals surface area contributed by atoms with Crippen LogP contribution in [0.4, 0.5) is 0 Å². The normalized spacial score (nSPS) is 22.1. The molecule has 1 N–H and O–H groups in total. The van der Waals surface area contributed by atoms with E-state index in [4.69, 9.17) is 4.74 Å². The van der Waals surface area contributed by atoms with Crippen LogP contribution in [0.2, 0.25) is 0 Å². The highest BCUT2D eigenvalue weighted by Gasteiger charge is 2.38. The summed E-state index contributed by atoms with van der Waals surface area (Å²) in [6.07, 6.45) is 4.98. The van der Waals surface area contributed by atoms with E-state index >= 15 is 0 Å². The Morgan fingerprint density at radius 2 is 1.85 bits per heavy atom. The van der Waals surface area contributed by atoms with Crippen molar-refractivity contribution in [2.75, 3.05) is 13.2 Å². The number of amides is 1. The molecular weight excluding hydrogens is 318 g/mol. The van der Waals surface area contributed by atoms with Crippen molar-refractivity contribution in [3.05, 3.63) is 34.3 Å². The number of ether oxygens (including phenoxy) is 1. The van der Waals surface area contributed by atoms with Crippen molar-refractivity contribution < 1.29 is 9.53 Å². The van der Waals surface area contributed by atoms with E-state index in [0.29, 0.717) is 13.2 Å². The Hall–Kier alpha value is -0.870. The van der Waals surface area contributed by atoms with Crippen LogP contribution in [0.25, 0.3) is 0 Å². The highest BCUT2D eigenvalue weighted by atomic mass is 79.9. The van der Waals surface area contributed by atoms with Gasteiger partial charge in [0.2, 0.25) is 5.91 Å². The second-order valence-corrected chi connectivity index (χ2v) is 6.73. The number of nitrogens with one attached hydrogen (secondary N) is 1. The van der Waals surface area contributed by atoms with Gasteiger partial charge >= 0.3 is 0 Å². The lowest BCUT2D eigenvalue weighted by Gasteiger charge is -2.40. The molecule has 108 valence electrons. The van der Waals surface area contributed by atoms with Crippen molar-refractivity contribution in [3.63, 3.8) is 0 Å². The third-order valence-corrected chi connectivity index (χ3v) is 5.11. The zero-order valence-corrected chi connectivity index (χ0v) is 13.1. The molecule has 0 bridgehead atoms. The number of carbonyl (C=O) groups excluding carboxylic acids is 1. The Kier molecular flexibility index (Phi) is 4.13. The van der Waals surface area contributed by atoms with Gasteiger partial charge in [0.1, 0.15) is 0 Å². The maximum absolute atomic E-state index is 12.4. The quantitative estimate of drug-likeness (QED) is 0.918. The Labute approximate surface area is 128 Å². The Bertz CT molecular complexity index is 476. The second-order valence-electron chi connectivity index (χ2n) is 5.82. The average molecular weight is 338 g/mol. The zero-order valence-electron chi connectivity index (χ0n) is 11.5. The summed E-state index contributed by atoms with van der Waals surface area (Å²) in [7, 11) is 0. The summed E-state index contributed by atoms with van der Waals surface area (Å²) in [6, 6.07) is 8.30. The molecule has 2 fully saturated rings. The molecule has 0 aromatic heterocycles. The van der Waals surface area contributed by atoms with Crippen LogP contribution >= 0.6 is 15.9 Å². The lowest BCUT2D eigenvalue weighted by Crippen LogP contribution is -2.52. The summed E-state index contributed by atoms with van der Waals surface area (Å²) in [6.45, 7) is 1.42. The maximum Gasteiger partial charge on any atom is 0.223 e. The summed E-state index contributed by atoms with van der Waals surface area (Å²) in [5, 5.41) is 3.34. The molecule has 2 aliphatic rings. The topological polar surface area (TPSA) is 38.3 Å². The molecule has 0 spiro atoms. The van der Waals surface area contributed by atoms with Crippen LogP contribution < -0.4 is 5.32 Å². The fraction of sp³-hybridized carbons (Fsp3) is 0.562. The van der Waals surface area contributed by atoms with Crippen LogP contribution in [-0.4, -0.2) is 19.1 Å². The first-order valence-electron chi connectivity index (χ1n) is 7.35. The minimum absolute atomic E-state index is 0.223. The first kappa shape index (κ1) is 14.1. The molecule has 1 aromatic carbocycles. The van der Waals surface area contributed by atoms with Crippen molar-refractivity contribution in [2.24, 2.45) is 5.92 Å². The minimum Gasteiger partial charge on any atom is -0.381 e. The molecular formula is C16H20BrNO2. The van der Waals surface area contributed by atoms with E-state index < -0.39 is 0 Å². The number of carbonyl (C=O) groups is 1. The molecule has 3 nitrogen and oxygen atoms in total. The van der Waals surface area contributed by atoms with E-state index in [9.17, 15) is 4.79 Å². The molecule has 1 saturated carbocycles. The average Bonchev–Trinajstić information content (AvgIpc) is 2.38. The number of rotatable bonds is 3. The predicted molar refractivity (Wildman–Crippen MR) is 81.4 cm³/mol. The minimum atomic E-state index is -0.244. The third kappa shape index (κ3) is 2.77. The van der Waals surface area contributed by atoms with Gasteiger partial charge in [0.05, 0.1) is 5.54 Å². The van der Waals surface area contributed by atoms with E-state index in [1.165, 1.54) is 12.0 Å². The number of halogens is 1. The summed E-state index contributed by atoms with van der Waals surface area (Å²) < 4.78 is 6.56. The van der Waals surface area contributed by atoms with Crippen LogP contribution in [0.1, 0.15) is 37.7 Å². The van der Waals surface area contributed by atoms with E-state index in [1.807, 2.05) is 12.1 Å². The van der Waals surface area contributed by atoms with Gasteiger partial charge in [0, 0.05) is 23.6 Å². The molecule has 4 heteroatoms. The van der Waals surface area contributed by atoms with Crippen LogP contribution in [0.3, 0.4) is 0 Å². The van der Waals surface area contributed by atoms with Gasteiger partial charge in [0.25, 0.3) is 0 Å². The number of hydrogen-bond donors (Lipinski definition) is 1. The maximum atomic E-state index is 12.4. The molecule has 1 aromatic rings. The SMILES string of the molecule is O=C(NC1(c2ccc(Br)cc2)CCOCC1)C1CCC1. The molecule has 0 atom stereocenters. The van der Waals surface area contributed by atoms with E-state index in [2.05, 4.69) is 33.4 Å². The van der Waals surface area contributed by atoms with Gasteiger partial charge in [-0.25, -0.2) is 0 Å². The third-order valence-electron chi connectivity index (χ3n) is 4.58. The zero-order chi connectivity index (χ0) is 14.0. The summed E-state index contributed by atoms with van der Waals surface area (Å²) in [5.41, 5.74) is 0.947. The second kappa shape index (κ2) is 5.86. The highest BCUT2D eigenvalue weighted by Crippen LogP contribution is 2.35. The Morgan fingerprint density at radius 3 is 2.40 bits per heavy atom. The Balaban J connectivity index is 1.83. The molecule has 1 saturated heterocycles. The smallest absolute Gasteiger partial charge is 0.223 e. The van der Waals surface area contributed by atoms with Gasteiger partial charge < -0.3 is 10.1 Å². The first-order chi connectivity index (χ1) is 9.70. The van der Waals surface area contributed by atoms with Gasteiger partial charge in [0.15, 0.2) is 0 Å². The van der Waals surface area contributed by atoms with Crippen LogP contribution in [0.5, 0.6) is 0 Å². The number of benzene rings is 1. The molecule has 1 heterocycles. The van der Waals surface area contributed by atoms with Gasteiger partial charge in [-0.3, -0.25) is 4.79 Å². The van der Waals surface area contributed by atoms with E-state index in [1.54, 1.807) is 0 Å². The van der Waals surface area contributed by atoms with E-state index in [-0.39, 0.29) is 17.4 Å². The predicted octanol–water partition coefficient (Wildman–Crippen LogP) is 3.37. The lowest BCUT2D eigenvalue weighted by molar-refractivity contribution is -0.131. The molecule has 3 rings (SSSR count). The van der Waals surface area contributed by atoms with Crippen LogP contribution in [0, 0.1) is 5.92 Å². The van der Waals surface area contributed by atoms with Crippen LogP contribution in [0.15, 0.2) is 28.7 Å². The van der Waals surface area contributed by atoms with Crippen molar-refractivity contribution in [1.82, 2.24) is 5.32 Å². The number of hydrogen-bond acceptors (Lipinski definition) is 2.